The number of rotatable bonds is 4. The molecule has 0 aliphatic heterocycles. The highest BCUT2D eigenvalue weighted by Crippen LogP contribution is 2.62. The van der Waals surface area contributed by atoms with Gasteiger partial charge >= 0.3 is 0 Å². The normalized spacial score (nSPS) is 33.2. The summed E-state index contributed by atoms with van der Waals surface area (Å²) in [5, 5.41) is 45.1. The number of carbonyl (C=O) groups excluding carboxylic acids is 3. The highest BCUT2D eigenvalue weighted by molar-refractivity contribution is 6.24. The quantitative estimate of drug-likeness (QED) is 0.313. The van der Waals surface area contributed by atoms with E-state index in [9.17, 15) is 34.8 Å². The Morgan fingerprint density at radius 2 is 1.89 bits per heavy atom. The van der Waals surface area contributed by atoms with Crippen LogP contribution in [-0.2, 0) is 14.4 Å². The number of benzene rings is 1. The molecular formula is C27H30N2O7. The molecule has 0 radical (unpaired) electrons. The number of aliphatic hydroxyl groups excluding tert-OH is 2. The van der Waals surface area contributed by atoms with Crippen LogP contribution in [-0.4, -0.2) is 68.5 Å². The Labute approximate surface area is 208 Å². The maximum absolute atomic E-state index is 14.1. The summed E-state index contributed by atoms with van der Waals surface area (Å²) in [4.78, 5) is 41.3. The average Bonchev–Trinajstić information content (AvgIpc) is 2.80. The molecule has 0 aromatic heterocycles. The average molecular weight is 495 g/mol. The van der Waals surface area contributed by atoms with E-state index >= 15 is 0 Å². The van der Waals surface area contributed by atoms with E-state index in [2.05, 4.69) is 6.08 Å². The van der Waals surface area contributed by atoms with E-state index in [1.807, 2.05) is 6.92 Å². The minimum atomic E-state index is -2.65. The number of aromatic hydroxyl groups is 1. The Bertz CT molecular complexity index is 1310. The number of phenols is 1. The van der Waals surface area contributed by atoms with Crippen LogP contribution in [0.3, 0.4) is 0 Å². The van der Waals surface area contributed by atoms with Crippen LogP contribution in [0.1, 0.15) is 43.2 Å². The van der Waals surface area contributed by atoms with E-state index in [4.69, 9.17) is 5.73 Å². The number of fused-ring (bicyclic) bond motifs is 4. The highest BCUT2D eigenvalue weighted by atomic mass is 16.3. The van der Waals surface area contributed by atoms with E-state index in [0.717, 1.165) is 18.4 Å². The molecular weight excluding hydrogens is 464 g/mol. The van der Waals surface area contributed by atoms with E-state index < -0.39 is 69.9 Å². The summed E-state index contributed by atoms with van der Waals surface area (Å²) in [6.45, 7) is 2.03. The molecule has 9 heteroatoms. The van der Waals surface area contributed by atoms with Gasteiger partial charge < -0.3 is 26.2 Å². The fourth-order valence-corrected chi connectivity index (χ4v) is 7.11. The van der Waals surface area contributed by atoms with Gasteiger partial charge in [0.2, 0.25) is 5.78 Å². The molecule has 1 fully saturated rings. The minimum Gasteiger partial charge on any atom is -0.508 e. The Kier molecular flexibility index (Phi) is 5.42. The third-order valence-corrected chi connectivity index (χ3v) is 8.38. The van der Waals surface area contributed by atoms with Crippen LogP contribution in [0.5, 0.6) is 5.75 Å². The monoisotopic (exact) mass is 494 g/mol. The van der Waals surface area contributed by atoms with Crippen molar-refractivity contribution in [3.63, 3.8) is 0 Å². The van der Waals surface area contributed by atoms with E-state index in [1.54, 1.807) is 26.2 Å². The molecule has 0 unspecified atom stereocenters. The first-order chi connectivity index (χ1) is 17.0. The summed E-state index contributed by atoms with van der Waals surface area (Å²) in [5.74, 6) is -7.37. The number of ketones is 2. The van der Waals surface area contributed by atoms with Crippen molar-refractivity contribution in [1.29, 1.82) is 0 Å². The van der Waals surface area contributed by atoms with Crippen LogP contribution in [0.2, 0.25) is 0 Å². The first-order valence-electron chi connectivity index (χ1n) is 12.1. The molecule has 0 spiro atoms. The number of nitrogens with zero attached hydrogens (tertiary/aromatic N) is 1. The van der Waals surface area contributed by atoms with Crippen molar-refractivity contribution in [3.05, 3.63) is 57.9 Å². The maximum atomic E-state index is 14.1. The molecule has 36 heavy (non-hydrogen) atoms. The van der Waals surface area contributed by atoms with Gasteiger partial charge in [-0.15, -0.1) is 0 Å². The minimum absolute atomic E-state index is 0.103. The van der Waals surface area contributed by atoms with Crippen molar-refractivity contribution < 1.29 is 34.8 Å². The van der Waals surface area contributed by atoms with Crippen LogP contribution in [0.15, 0.2) is 46.8 Å². The summed E-state index contributed by atoms with van der Waals surface area (Å²) in [6, 6.07) is 3.75. The second-order valence-corrected chi connectivity index (χ2v) is 10.5. The molecule has 4 aliphatic rings. The topological polar surface area (TPSA) is 161 Å². The second-order valence-electron chi connectivity index (χ2n) is 10.5. The zero-order valence-electron chi connectivity index (χ0n) is 20.4. The molecule has 5 rings (SSSR count). The second kappa shape index (κ2) is 8.04. The van der Waals surface area contributed by atoms with Gasteiger partial charge in [0.25, 0.3) is 5.91 Å². The number of allylic oxidation sites excluding steroid dienone is 2. The summed E-state index contributed by atoms with van der Waals surface area (Å²) >= 11 is 0. The molecule has 0 saturated heterocycles. The van der Waals surface area contributed by atoms with Crippen LogP contribution in [0, 0.1) is 17.8 Å². The van der Waals surface area contributed by atoms with Gasteiger partial charge in [0.15, 0.2) is 11.4 Å². The van der Waals surface area contributed by atoms with Crippen LogP contribution >= 0.6 is 0 Å². The zero-order valence-corrected chi connectivity index (χ0v) is 20.4. The van der Waals surface area contributed by atoms with Crippen molar-refractivity contribution in [2.24, 2.45) is 23.5 Å². The number of likely N-dealkylation sites (N-methyl/N-ethyl adjacent to an activating group) is 1. The smallest absolute Gasteiger partial charge is 0.255 e. The van der Waals surface area contributed by atoms with Gasteiger partial charge in [-0.2, -0.15) is 0 Å². The summed E-state index contributed by atoms with van der Waals surface area (Å²) in [5.41, 5.74) is 3.65. The largest absolute Gasteiger partial charge is 0.508 e. The molecule has 190 valence electrons. The van der Waals surface area contributed by atoms with Gasteiger partial charge in [-0.3, -0.25) is 19.3 Å². The number of hydrogen-bond acceptors (Lipinski definition) is 8. The third kappa shape index (κ3) is 2.93. The Morgan fingerprint density at radius 1 is 1.19 bits per heavy atom. The highest BCUT2D eigenvalue weighted by Gasteiger charge is 2.68. The van der Waals surface area contributed by atoms with Gasteiger partial charge in [0.1, 0.15) is 22.8 Å². The van der Waals surface area contributed by atoms with Gasteiger partial charge in [0.05, 0.1) is 11.6 Å². The van der Waals surface area contributed by atoms with Crippen molar-refractivity contribution in [1.82, 2.24) is 4.90 Å². The lowest BCUT2D eigenvalue weighted by molar-refractivity contribution is -0.161. The third-order valence-electron chi connectivity index (χ3n) is 8.38. The number of phenolic OH excluding ortho intramolecular Hbond substituents is 1. The fourth-order valence-electron chi connectivity index (χ4n) is 7.11. The van der Waals surface area contributed by atoms with Gasteiger partial charge in [-0.1, -0.05) is 37.1 Å². The number of amides is 1. The van der Waals surface area contributed by atoms with Gasteiger partial charge in [-0.25, -0.2) is 0 Å². The number of hydrogen-bond donors (Lipinski definition) is 5. The molecule has 1 aromatic carbocycles. The first-order valence-corrected chi connectivity index (χ1v) is 12.1. The summed E-state index contributed by atoms with van der Waals surface area (Å²) in [6.07, 6.45) is 4.08. The van der Waals surface area contributed by atoms with Crippen molar-refractivity contribution in [2.75, 3.05) is 14.1 Å². The number of nitrogens with two attached hydrogens (primary N) is 1. The van der Waals surface area contributed by atoms with E-state index in [1.165, 1.54) is 11.0 Å². The SMILES string of the molecule is CCCC1=C[C@H]2c3cccc(O)c3C(O)=C3C(=O)[C@]4(O)C(O)=C(C(N)=O)C(=O)[C@H](N(C)C)[C@H]4[C@@H](C1)[C@H]32. The van der Waals surface area contributed by atoms with Crippen LogP contribution in [0.4, 0.5) is 0 Å². The van der Waals surface area contributed by atoms with E-state index in [0.29, 0.717) is 12.0 Å². The number of Topliss-reactive ketones (excluding diaryl/α,β-unsaturated/α-hetero) is 2. The number of carbonyl (C=O) groups is 3. The standard InChI is InChI=1S/C27H30N2O7/c1-4-6-11-9-13-12-7-5-8-15(30)17(12)22(31)18-16(13)14(10-11)20-21(29(2)3)23(32)19(26(28)35)25(34)27(20,36)24(18)33/h5,7-9,13-14,16,20-21,30-31,34,36H,4,6,10H2,1-3H3,(H2,28,35)/t13-,14-,16+,20+,21+,27-/m0/s1. The molecule has 6 N–H and O–H groups in total. The van der Waals surface area contributed by atoms with Gasteiger partial charge in [0, 0.05) is 23.3 Å². The van der Waals surface area contributed by atoms with Crippen LogP contribution < -0.4 is 5.73 Å². The maximum Gasteiger partial charge on any atom is 0.255 e. The fraction of sp³-hybridized carbons (Fsp3) is 0.444. The van der Waals surface area contributed by atoms with Crippen LogP contribution in [0.25, 0.3) is 5.76 Å². The van der Waals surface area contributed by atoms with Crippen molar-refractivity contribution in [3.8, 4) is 5.75 Å². The number of aliphatic hydroxyl groups is 3. The molecule has 1 saturated carbocycles. The summed E-state index contributed by atoms with van der Waals surface area (Å²) in [7, 11) is 3.21. The molecule has 6 atom stereocenters. The lowest BCUT2D eigenvalue weighted by Crippen LogP contribution is -2.69. The molecule has 9 nitrogen and oxygen atoms in total. The molecule has 4 aliphatic carbocycles. The van der Waals surface area contributed by atoms with Crippen molar-refractivity contribution in [2.45, 2.75) is 43.7 Å². The van der Waals surface area contributed by atoms with E-state index in [-0.39, 0.29) is 16.9 Å². The molecule has 1 amide bonds. The predicted octanol–water partition coefficient (Wildman–Crippen LogP) is 1.86. The zero-order chi connectivity index (χ0) is 26.3. The molecule has 0 bridgehead atoms. The lowest BCUT2D eigenvalue weighted by atomic mass is 9.48. The Morgan fingerprint density at radius 3 is 2.50 bits per heavy atom. The van der Waals surface area contributed by atoms with Gasteiger partial charge in [-0.05, 0) is 44.5 Å². The van der Waals surface area contributed by atoms with Crippen molar-refractivity contribution >= 4 is 23.2 Å². The Balaban J connectivity index is 1.87. The number of primary amides is 1. The Hall–Kier alpha value is -3.43. The molecule has 0 heterocycles. The predicted molar refractivity (Wildman–Crippen MR) is 130 cm³/mol. The molecule has 1 aromatic rings. The lowest BCUT2D eigenvalue weighted by Gasteiger charge is -2.57. The summed E-state index contributed by atoms with van der Waals surface area (Å²) < 4.78 is 0. The first kappa shape index (κ1) is 24.3.